The van der Waals surface area contributed by atoms with E-state index in [2.05, 4.69) is 9.97 Å². The van der Waals surface area contributed by atoms with Gasteiger partial charge in [0.2, 0.25) is 0 Å². The number of rotatable bonds is 1. The third-order valence-electron chi connectivity index (χ3n) is 2.50. The number of aromatic nitrogens is 3. The van der Waals surface area contributed by atoms with E-state index in [1.807, 2.05) is 31.2 Å². The van der Waals surface area contributed by atoms with Crippen LogP contribution in [-0.4, -0.2) is 14.5 Å². The summed E-state index contributed by atoms with van der Waals surface area (Å²) in [6, 6.07) is 7.56. The molecule has 0 amide bonds. The lowest BCUT2D eigenvalue weighted by Gasteiger charge is -2.02. The van der Waals surface area contributed by atoms with Gasteiger partial charge in [0.25, 0.3) is 0 Å². The predicted molar refractivity (Wildman–Crippen MR) is 58.4 cm³/mol. The molecule has 0 fully saturated rings. The van der Waals surface area contributed by atoms with E-state index < -0.39 is 5.76 Å². The van der Waals surface area contributed by atoms with Crippen LogP contribution < -0.4 is 5.76 Å². The number of para-hydroxylation sites is 1. The molecule has 0 saturated heterocycles. The normalized spacial score (nSPS) is 11.3. The highest BCUT2D eigenvalue weighted by Gasteiger charge is 2.10. The Morgan fingerprint density at radius 3 is 2.94 bits per heavy atom. The highest BCUT2D eigenvalue weighted by molar-refractivity contribution is 5.90. The summed E-state index contributed by atoms with van der Waals surface area (Å²) in [5, 5.41) is 0.825. The lowest BCUT2D eigenvalue weighted by Crippen LogP contribution is -1.99. The van der Waals surface area contributed by atoms with Crippen LogP contribution in [0.4, 0.5) is 0 Å². The second-order valence-corrected chi connectivity index (χ2v) is 3.49. The summed E-state index contributed by atoms with van der Waals surface area (Å²) in [6.45, 7) is 1.95. The molecule has 16 heavy (non-hydrogen) atoms. The van der Waals surface area contributed by atoms with Crippen molar-refractivity contribution in [3.8, 4) is 0 Å². The third kappa shape index (κ3) is 1.14. The second-order valence-electron chi connectivity index (χ2n) is 3.49. The van der Waals surface area contributed by atoms with Crippen LogP contribution in [0.3, 0.4) is 0 Å². The molecule has 2 aromatic heterocycles. The molecule has 3 aromatic rings. The summed E-state index contributed by atoms with van der Waals surface area (Å²) in [4.78, 5) is 19.5. The van der Waals surface area contributed by atoms with Gasteiger partial charge < -0.3 is 4.52 Å². The van der Waals surface area contributed by atoms with Crippen LogP contribution in [0.15, 0.2) is 33.6 Å². The van der Waals surface area contributed by atoms with Crippen LogP contribution >= 0.6 is 0 Å². The smallest absolute Gasteiger partial charge is 0.312 e. The summed E-state index contributed by atoms with van der Waals surface area (Å²) < 4.78 is 6.39. The molecule has 2 heterocycles. The van der Waals surface area contributed by atoms with Gasteiger partial charge in [-0.25, -0.2) is 9.78 Å². The number of fused-ring (bicyclic) bond motifs is 3. The molecule has 80 valence electrons. The molecule has 5 nitrogen and oxygen atoms in total. The van der Waals surface area contributed by atoms with E-state index in [9.17, 15) is 4.79 Å². The fraction of sp³-hybridized carbons (Fsp3) is 0.182. The van der Waals surface area contributed by atoms with E-state index in [0.29, 0.717) is 17.9 Å². The first-order valence-corrected chi connectivity index (χ1v) is 5.07. The molecule has 0 unspecified atom stereocenters. The van der Waals surface area contributed by atoms with Crippen LogP contribution in [0.1, 0.15) is 12.7 Å². The van der Waals surface area contributed by atoms with Gasteiger partial charge in [-0.15, -0.1) is 4.57 Å². The average Bonchev–Trinajstić information content (AvgIpc) is 2.69. The van der Waals surface area contributed by atoms with Crippen molar-refractivity contribution in [2.24, 2.45) is 0 Å². The van der Waals surface area contributed by atoms with Gasteiger partial charge in [0.1, 0.15) is 5.82 Å². The van der Waals surface area contributed by atoms with Crippen molar-refractivity contribution in [3.63, 3.8) is 0 Å². The first-order chi connectivity index (χ1) is 7.79. The lowest BCUT2D eigenvalue weighted by atomic mass is 10.2. The largest absolute Gasteiger partial charge is 0.460 e. The zero-order valence-electron chi connectivity index (χ0n) is 8.67. The minimum atomic E-state index is -0.590. The SMILES string of the molecule is CCc1nc2ccccc2c2nc(=O)on12. The molecule has 0 spiro atoms. The molecule has 3 rings (SSSR count). The van der Waals surface area contributed by atoms with E-state index in [0.717, 1.165) is 10.9 Å². The van der Waals surface area contributed by atoms with Gasteiger partial charge in [0.15, 0.2) is 5.65 Å². The number of benzene rings is 1. The first-order valence-electron chi connectivity index (χ1n) is 5.07. The molecule has 0 aliphatic rings. The summed E-state index contributed by atoms with van der Waals surface area (Å²) in [5.41, 5.74) is 1.36. The average molecular weight is 215 g/mol. The zero-order valence-corrected chi connectivity index (χ0v) is 8.67. The van der Waals surface area contributed by atoms with E-state index >= 15 is 0 Å². The Morgan fingerprint density at radius 1 is 1.31 bits per heavy atom. The highest BCUT2D eigenvalue weighted by Crippen LogP contribution is 2.17. The maximum absolute atomic E-state index is 11.2. The predicted octanol–water partition coefficient (Wildman–Crippen LogP) is 1.40. The van der Waals surface area contributed by atoms with Crippen molar-refractivity contribution in [2.45, 2.75) is 13.3 Å². The van der Waals surface area contributed by atoms with Crippen LogP contribution in [0, 0.1) is 0 Å². The van der Waals surface area contributed by atoms with Gasteiger partial charge in [0.05, 0.1) is 5.52 Å². The second kappa shape index (κ2) is 3.16. The number of hydrogen-bond donors (Lipinski definition) is 0. The van der Waals surface area contributed by atoms with Gasteiger partial charge in [0, 0.05) is 11.8 Å². The van der Waals surface area contributed by atoms with Gasteiger partial charge in [-0.3, -0.25) is 0 Å². The topological polar surface area (TPSA) is 60.4 Å². The maximum atomic E-state index is 11.2. The monoisotopic (exact) mass is 215 g/mol. The van der Waals surface area contributed by atoms with Crippen molar-refractivity contribution >= 4 is 16.6 Å². The fourth-order valence-corrected chi connectivity index (χ4v) is 1.79. The molecule has 1 aromatic carbocycles. The van der Waals surface area contributed by atoms with E-state index in [1.165, 1.54) is 4.57 Å². The van der Waals surface area contributed by atoms with Crippen molar-refractivity contribution in [3.05, 3.63) is 40.6 Å². The molecular formula is C11H9N3O2. The lowest BCUT2D eigenvalue weighted by molar-refractivity contribution is 0.331. The van der Waals surface area contributed by atoms with E-state index in [4.69, 9.17) is 4.52 Å². The van der Waals surface area contributed by atoms with E-state index in [-0.39, 0.29) is 0 Å². The molecular weight excluding hydrogens is 206 g/mol. The molecule has 5 heteroatoms. The first kappa shape index (κ1) is 9.08. The molecule has 0 bridgehead atoms. The van der Waals surface area contributed by atoms with Crippen molar-refractivity contribution < 1.29 is 4.52 Å². The fourth-order valence-electron chi connectivity index (χ4n) is 1.79. The quantitative estimate of drug-likeness (QED) is 0.615. The summed E-state index contributed by atoms with van der Waals surface area (Å²) in [6.07, 6.45) is 0.681. The standard InChI is InChI=1S/C11H9N3O2/c1-2-9-12-8-6-4-3-5-7(8)10-13-11(15)16-14(9)10/h3-6H,2H2,1H3. The zero-order chi connectivity index (χ0) is 11.1. The van der Waals surface area contributed by atoms with Gasteiger partial charge in [-0.2, -0.15) is 4.98 Å². The molecule has 0 aliphatic carbocycles. The Labute approximate surface area is 90.3 Å². The third-order valence-corrected chi connectivity index (χ3v) is 2.50. The number of aryl methyl sites for hydroxylation is 1. The van der Waals surface area contributed by atoms with Crippen molar-refractivity contribution in [1.29, 1.82) is 0 Å². The Balaban J connectivity index is 2.61. The molecule has 0 aliphatic heterocycles. The van der Waals surface area contributed by atoms with Gasteiger partial charge in [-0.05, 0) is 12.1 Å². The van der Waals surface area contributed by atoms with Crippen LogP contribution in [0.5, 0.6) is 0 Å². The van der Waals surface area contributed by atoms with Crippen LogP contribution in [0.25, 0.3) is 16.6 Å². The van der Waals surface area contributed by atoms with Crippen molar-refractivity contribution in [2.75, 3.05) is 0 Å². The maximum Gasteiger partial charge on any atom is 0.460 e. The summed E-state index contributed by atoms with van der Waals surface area (Å²) >= 11 is 0. The van der Waals surface area contributed by atoms with E-state index in [1.54, 1.807) is 0 Å². The van der Waals surface area contributed by atoms with Crippen molar-refractivity contribution in [1.82, 2.24) is 14.5 Å². The number of hydrogen-bond acceptors (Lipinski definition) is 4. The highest BCUT2D eigenvalue weighted by atomic mass is 16.5. The Morgan fingerprint density at radius 2 is 2.12 bits per heavy atom. The van der Waals surface area contributed by atoms with Crippen LogP contribution in [-0.2, 0) is 6.42 Å². The van der Waals surface area contributed by atoms with Gasteiger partial charge in [-0.1, -0.05) is 19.1 Å². The number of nitrogens with zero attached hydrogens (tertiary/aromatic N) is 3. The molecule has 0 saturated carbocycles. The summed E-state index contributed by atoms with van der Waals surface area (Å²) in [7, 11) is 0. The molecule has 0 N–H and O–H groups in total. The Hall–Kier alpha value is -2.17. The Kier molecular flexibility index (Phi) is 1.80. The Bertz CT molecular complexity index is 727. The summed E-state index contributed by atoms with van der Waals surface area (Å²) in [5.74, 6) is 0.108. The van der Waals surface area contributed by atoms with Crippen LogP contribution in [0.2, 0.25) is 0 Å². The molecule has 0 radical (unpaired) electrons. The minimum Gasteiger partial charge on any atom is -0.312 e. The van der Waals surface area contributed by atoms with Gasteiger partial charge >= 0.3 is 5.76 Å². The minimum absolute atomic E-state index is 0.535. The molecule has 0 atom stereocenters.